The number of hydrogen-bond donors (Lipinski definition) is 4. The van der Waals surface area contributed by atoms with E-state index in [0.717, 1.165) is 0 Å². The minimum atomic E-state index is -0.509. The molecule has 3 N–H and O–H groups in total. The lowest BCUT2D eigenvalue weighted by molar-refractivity contribution is 0.866. The first kappa shape index (κ1) is 11.6. The maximum Gasteiger partial charge on any atom is 0.254 e. The highest BCUT2D eigenvalue weighted by Gasteiger charge is 2.32. The summed E-state index contributed by atoms with van der Waals surface area (Å²) in [6, 6.07) is 5.57. The number of allylic oxidation sites excluding steroid dienone is 1. The van der Waals surface area contributed by atoms with Gasteiger partial charge in [0.2, 0.25) is 0 Å². The Morgan fingerprint density at radius 1 is 1.37 bits per heavy atom. The van der Waals surface area contributed by atoms with E-state index in [1.165, 1.54) is 0 Å². The molecular weight excluding hydrogens is 262 g/mol. The van der Waals surface area contributed by atoms with Crippen molar-refractivity contribution in [3.63, 3.8) is 0 Å². The molecule has 0 amide bonds. The van der Waals surface area contributed by atoms with E-state index in [2.05, 4.69) is 39.2 Å². The fourth-order valence-corrected chi connectivity index (χ4v) is 2.51. The number of thiol groups is 1. The smallest absolute Gasteiger partial charge is 0.254 e. The van der Waals surface area contributed by atoms with Crippen LogP contribution in [0.4, 0.5) is 5.69 Å². The van der Waals surface area contributed by atoms with Crippen LogP contribution in [0.5, 0.6) is 0 Å². The zero-order valence-electron chi connectivity index (χ0n) is 9.64. The molecule has 0 spiro atoms. The monoisotopic (exact) mass is 271 g/mol. The van der Waals surface area contributed by atoms with Crippen LogP contribution < -0.4 is 10.9 Å². The zero-order valence-corrected chi connectivity index (χ0v) is 10.5. The number of nitrogens with one attached hydrogen (secondary N) is 3. The molecule has 19 heavy (non-hydrogen) atoms. The molecule has 0 aliphatic carbocycles. The Hall–Kier alpha value is -2.46. The van der Waals surface area contributed by atoms with E-state index in [9.17, 15) is 10.1 Å². The van der Waals surface area contributed by atoms with Gasteiger partial charge < -0.3 is 10.3 Å². The molecule has 1 unspecified atom stereocenters. The van der Waals surface area contributed by atoms with Crippen molar-refractivity contribution in [3.05, 3.63) is 56.7 Å². The van der Waals surface area contributed by atoms with Crippen LogP contribution in [-0.4, -0.2) is 15.2 Å². The second-order valence-corrected chi connectivity index (χ2v) is 4.51. The number of hydrogen-bond acceptors (Lipinski definition) is 5. The van der Waals surface area contributed by atoms with Crippen LogP contribution >= 0.6 is 12.6 Å². The average Bonchev–Trinajstić information content (AvgIpc) is 2.91. The van der Waals surface area contributed by atoms with Gasteiger partial charge in [0, 0.05) is 12.4 Å². The number of nitriles is 1. The number of aromatic amines is 2. The Bertz CT molecular complexity index is 753. The van der Waals surface area contributed by atoms with Crippen molar-refractivity contribution in [2.24, 2.45) is 0 Å². The van der Waals surface area contributed by atoms with Gasteiger partial charge in [0.1, 0.15) is 0 Å². The van der Waals surface area contributed by atoms with Gasteiger partial charge in [-0.25, -0.2) is 0 Å². The van der Waals surface area contributed by atoms with Crippen molar-refractivity contribution in [1.29, 1.82) is 5.26 Å². The molecule has 1 aliphatic rings. The molecule has 1 atom stereocenters. The number of pyridine rings is 1. The molecule has 3 rings (SSSR count). The summed E-state index contributed by atoms with van der Waals surface area (Å²) in [4.78, 5) is 14.7. The Labute approximate surface area is 113 Å². The van der Waals surface area contributed by atoms with Crippen molar-refractivity contribution >= 4 is 18.3 Å². The van der Waals surface area contributed by atoms with Crippen LogP contribution in [0.15, 0.2) is 39.9 Å². The predicted molar refractivity (Wildman–Crippen MR) is 72.7 cm³/mol. The molecule has 2 aromatic rings. The van der Waals surface area contributed by atoms with Crippen molar-refractivity contribution in [2.75, 3.05) is 5.32 Å². The third-order valence-electron chi connectivity index (χ3n) is 3.02. The molecule has 0 bridgehead atoms. The first-order chi connectivity index (χ1) is 9.22. The van der Waals surface area contributed by atoms with Crippen molar-refractivity contribution < 1.29 is 0 Å². The third-order valence-corrected chi connectivity index (χ3v) is 3.38. The van der Waals surface area contributed by atoms with E-state index in [1.807, 2.05) is 0 Å². The topological polar surface area (TPSA) is 97.4 Å². The standard InChI is InChI=1S/C12H9N5OS/c13-5-6-9(8-2-4-15-17-8)10-7(16-12(6)19)1-3-14-11(10)18/h1-4,9,16,19H,(H,14,18)(H,15,17). The van der Waals surface area contributed by atoms with Gasteiger partial charge in [-0.2, -0.15) is 10.4 Å². The summed E-state index contributed by atoms with van der Waals surface area (Å²) in [6.07, 6.45) is 3.20. The van der Waals surface area contributed by atoms with E-state index in [4.69, 9.17) is 0 Å². The van der Waals surface area contributed by atoms with Gasteiger partial charge >= 0.3 is 0 Å². The molecule has 3 heterocycles. The van der Waals surface area contributed by atoms with Gasteiger partial charge in [-0.1, -0.05) is 0 Å². The summed E-state index contributed by atoms with van der Waals surface area (Å²) in [5, 5.41) is 19.5. The summed E-state index contributed by atoms with van der Waals surface area (Å²) in [6.45, 7) is 0. The fraction of sp³-hybridized carbons (Fsp3) is 0.0833. The summed E-state index contributed by atoms with van der Waals surface area (Å²) < 4.78 is 0. The van der Waals surface area contributed by atoms with Gasteiger partial charge in [0.15, 0.2) is 0 Å². The summed E-state index contributed by atoms with van der Waals surface area (Å²) in [7, 11) is 0. The highest BCUT2D eigenvalue weighted by atomic mass is 32.1. The molecule has 0 radical (unpaired) electrons. The van der Waals surface area contributed by atoms with Crippen LogP contribution in [0.2, 0.25) is 0 Å². The minimum Gasteiger partial charge on any atom is -0.349 e. The highest BCUT2D eigenvalue weighted by Crippen LogP contribution is 2.39. The zero-order chi connectivity index (χ0) is 13.4. The summed E-state index contributed by atoms with van der Waals surface area (Å²) >= 11 is 4.28. The van der Waals surface area contributed by atoms with Crippen LogP contribution in [0.3, 0.4) is 0 Å². The third kappa shape index (κ3) is 1.73. The molecule has 7 heteroatoms. The maximum atomic E-state index is 12.0. The van der Waals surface area contributed by atoms with Gasteiger partial charge in [0.05, 0.1) is 39.5 Å². The summed E-state index contributed by atoms with van der Waals surface area (Å²) in [5.74, 6) is -0.509. The lowest BCUT2D eigenvalue weighted by Gasteiger charge is -2.24. The van der Waals surface area contributed by atoms with E-state index in [1.54, 1.807) is 24.5 Å². The quantitative estimate of drug-likeness (QED) is 0.588. The Morgan fingerprint density at radius 2 is 2.21 bits per heavy atom. The number of rotatable bonds is 1. The average molecular weight is 271 g/mol. The van der Waals surface area contributed by atoms with E-state index >= 15 is 0 Å². The van der Waals surface area contributed by atoms with Crippen LogP contribution in [0.25, 0.3) is 0 Å². The predicted octanol–water partition coefficient (Wildman–Crippen LogP) is 1.32. The van der Waals surface area contributed by atoms with Gasteiger partial charge in [-0.15, -0.1) is 12.6 Å². The van der Waals surface area contributed by atoms with Crippen molar-refractivity contribution in [1.82, 2.24) is 15.2 Å². The van der Waals surface area contributed by atoms with E-state index in [-0.39, 0.29) is 5.56 Å². The normalized spacial score (nSPS) is 17.6. The molecule has 0 saturated heterocycles. The molecule has 6 nitrogen and oxygen atoms in total. The Balaban J connectivity index is 2.31. The maximum absolute atomic E-state index is 12.0. The largest absolute Gasteiger partial charge is 0.349 e. The Morgan fingerprint density at radius 3 is 2.89 bits per heavy atom. The molecule has 94 valence electrons. The van der Waals surface area contributed by atoms with Crippen molar-refractivity contribution in [2.45, 2.75) is 5.92 Å². The van der Waals surface area contributed by atoms with Crippen LogP contribution in [0.1, 0.15) is 17.2 Å². The number of nitrogens with zero attached hydrogens (tertiary/aromatic N) is 2. The van der Waals surface area contributed by atoms with Crippen LogP contribution in [0, 0.1) is 11.3 Å². The van der Waals surface area contributed by atoms with E-state index in [0.29, 0.717) is 27.5 Å². The van der Waals surface area contributed by atoms with Gasteiger partial charge in [-0.3, -0.25) is 9.89 Å². The van der Waals surface area contributed by atoms with Crippen molar-refractivity contribution in [3.8, 4) is 6.07 Å². The SMILES string of the molecule is N#CC1=C(S)Nc2cc[nH]c(=O)c2C1c1cc[nH]n1. The first-order valence-corrected chi connectivity index (χ1v) is 5.98. The number of fused-ring (bicyclic) bond motifs is 1. The van der Waals surface area contributed by atoms with Gasteiger partial charge in [0.25, 0.3) is 5.56 Å². The lowest BCUT2D eigenvalue weighted by atomic mass is 9.87. The molecule has 0 saturated carbocycles. The number of H-pyrrole nitrogens is 2. The highest BCUT2D eigenvalue weighted by molar-refractivity contribution is 7.84. The second kappa shape index (κ2) is 4.33. The summed E-state index contributed by atoms with van der Waals surface area (Å²) in [5.41, 5.74) is 1.86. The number of aromatic nitrogens is 3. The lowest BCUT2D eigenvalue weighted by Crippen LogP contribution is -2.25. The minimum absolute atomic E-state index is 0.244. The fourth-order valence-electron chi connectivity index (χ4n) is 2.21. The molecule has 2 aromatic heterocycles. The second-order valence-electron chi connectivity index (χ2n) is 4.07. The van der Waals surface area contributed by atoms with E-state index < -0.39 is 5.92 Å². The van der Waals surface area contributed by atoms with Crippen LogP contribution in [-0.2, 0) is 0 Å². The van der Waals surface area contributed by atoms with Gasteiger partial charge in [-0.05, 0) is 12.1 Å². The molecule has 1 aliphatic heterocycles. The Kier molecular flexibility index (Phi) is 2.65. The molecular formula is C12H9N5OS. The molecule has 0 fully saturated rings. The molecule has 0 aromatic carbocycles. The first-order valence-electron chi connectivity index (χ1n) is 5.54. The number of anilines is 1.